The molecular formula is C15H25N3O. The maximum absolute atomic E-state index is 12.0. The van der Waals surface area contributed by atoms with Gasteiger partial charge in [0.25, 0.3) is 0 Å². The van der Waals surface area contributed by atoms with Gasteiger partial charge in [0.2, 0.25) is 5.91 Å². The average molecular weight is 263 g/mol. The Bertz CT molecular complexity index is 392. The van der Waals surface area contributed by atoms with Gasteiger partial charge in [0.1, 0.15) is 6.54 Å². The van der Waals surface area contributed by atoms with Gasteiger partial charge >= 0.3 is 0 Å². The topological polar surface area (TPSA) is 46.1 Å². The molecule has 1 aliphatic carbocycles. The van der Waals surface area contributed by atoms with Gasteiger partial charge in [-0.3, -0.25) is 4.79 Å². The van der Waals surface area contributed by atoms with Crippen molar-refractivity contribution in [2.45, 2.75) is 57.7 Å². The quantitative estimate of drug-likeness (QED) is 0.799. The highest BCUT2D eigenvalue weighted by molar-refractivity contribution is 5.76. The molecule has 4 nitrogen and oxygen atoms in total. The number of nitrogens with one attached hydrogen (secondary N) is 2. The summed E-state index contributed by atoms with van der Waals surface area (Å²) in [7, 11) is 1.93. The molecule has 0 spiro atoms. The zero-order valence-corrected chi connectivity index (χ0v) is 11.8. The van der Waals surface area contributed by atoms with E-state index in [0.717, 1.165) is 19.4 Å². The van der Waals surface area contributed by atoms with Crippen molar-refractivity contribution in [2.24, 2.45) is 0 Å². The maximum atomic E-state index is 12.0. The van der Waals surface area contributed by atoms with Crippen molar-refractivity contribution in [2.75, 3.05) is 7.05 Å². The molecule has 1 heterocycles. The highest BCUT2D eigenvalue weighted by Gasteiger charge is 2.14. The highest BCUT2D eigenvalue weighted by atomic mass is 16.2. The molecule has 1 saturated carbocycles. The largest absolute Gasteiger partial charge is 0.352 e. The third kappa shape index (κ3) is 4.71. The van der Waals surface area contributed by atoms with Gasteiger partial charge in [0.15, 0.2) is 0 Å². The van der Waals surface area contributed by atoms with E-state index >= 15 is 0 Å². The van der Waals surface area contributed by atoms with Crippen LogP contribution >= 0.6 is 0 Å². The zero-order valence-electron chi connectivity index (χ0n) is 11.8. The smallest absolute Gasteiger partial charge is 0.240 e. The Morgan fingerprint density at radius 2 is 2.05 bits per heavy atom. The van der Waals surface area contributed by atoms with E-state index < -0.39 is 0 Å². The van der Waals surface area contributed by atoms with Crippen molar-refractivity contribution in [3.8, 4) is 0 Å². The Morgan fingerprint density at radius 3 is 2.74 bits per heavy atom. The van der Waals surface area contributed by atoms with E-state index in [1.54, 1.807) is 0 Å². The van der Waals surface area contributed by atoms with Crippen LogP contribution in [-0.2, 0) is 17.9 Å². The number of rotatable bonds is 5. The summed E-state index contributed by atoms with van der Waals surface area (Å²) in [5.74, 6) is 0.138. The van der Waals surface area contributed by atoms with Crippen LogP contribution in [0.5, 0.6) is 0 Å². The van der Waals surface area contributed by atoms with Crippen molar-refractivity contribution >= 4 is 5.91 Å². The Labute approximate surface area is 115 Å². The van der Waals surface area contributed by atoms with E-state index in [1.807, 2.05) is 24.0 Å². The molecule has 0 radical (unpaired) electrons. The molecule has 1 aromatic rings. The molecule has 1 amide bonds. The number of hydrogen-bond acceptors (Lipinski definition) is 2. The molecule has 4 heteroatoms. The fourth-order valence-electron chi connectivity index (χ4n) is 2.76. The zero-order chi connectivity index (χ0) is 13.5. The van der Waals surface area contributed by atoms with E-state index in [9.17, 15) is 4.79 Å². The van der Waals surface area contributed by atoms with Crippen LogP contribution in [0.25, 0.3) is 0 Å². The molecule has 0 saturated heterocycles. The number of carbonyl (C=O) groups is 1. The Kier molecular flexibility index (Phi) is 5.45. The van der Waals surface area contributed by atoms with Crippen molar-refractivity contribution in [3.63, 3.8) is 0 Å². The molecule has 0 atom stereocenters. The second-order valence-corrected chi connectivity index (χ2v) is 5.48. The standard InChI is InChI=1S/C15H25N3O/c1-16-10-13-8-9-18(11-13)12-15(19)17-14-6-4-2-3-5-7-14/h8-9,11,14,16H,2-7,10,12H2,1H3,(H,17,19). The van der Waals surface area contributed by atoms with Crippen LogP contribution in [0.4, 0.5) is 0 Å². The van der Waals surface area contributed by atoms with Gasteiger partial charge < -0.3 is 15.2 Å². The lowest BCUT2D eigenvalue weighted by Gasteiger charge is -2.16. The summed E-state index contributed by atoms with van der Waals surface area (Å²) < 4.78 is 1.96. The van der Waals surface area contributed by atoms with Crippen LogP contribution in [0.2, 0.25) is 0 Å². The van der Waals surface area contributed by atoms with Gasteiger partial charge in [-0.25, -0.2) is 0 Å². The Morgan fingerprint density at radius 1 is 1.32 bits per heavy atom. The predicted octanol–water partition coefficient (Wildman–Crippen LogP) is 2.05. The molecule has 106 valence electrons. The van der Waals surface area contributed by atoms with Crippen LogP contribution in [-0.4, -0.2) is 23.6 Å². The Balaban J connectivity index is 1.79. The molecule has 0 bridgehead atoms. The van der Waals surface area contributed by atoms with Crippen LogP contribution in [0.15, 0.2) is 18.5 Å². The van der Waals surface area contributed by atoms with Gasteiger partial charge in [0, 0.05) is 25.0 Å². The van der Waals surface area contributed by atoms with Gasteiger partial charge in [-0.05, 0) is 31.5 Å². The first-order valence-electron chi connectivity index (χ1n) is 7.36. The summed E-state index contributed by atoms with van der Waals surface area (Å²) in [6.45, 7) is 1.28. The predicted molar refractivity (Wildman–Crippen MR) is 76.8 cm³/mol. The molecule has 2 N–H and O–H groups in total. The lowest BCUT2D eigenvalue weighted by Crippen LogP contribution is -2.36. The van der Waals surface area contributed by atoms with Gasteiger partial charge in [-0.2, -0.15) is 0 Å². The molecule has 0 unspecified atom stereocenters. The summed E-state index contributed by atoms with van der Waals surface area (Å²) in [6.07, 6.45) is 11.4. The lowest BCUT2D eigenvalue weighted by molar-refractivity contribution is -0.122. The minimum atomic E-state index is 0.138. The average Bonchev–Trinajstić information content (AvgIpc) is 2.65. The Hall–Kier alpha value is -1.29. The number of nitrogens with zero attached hydrogens (tertiary/aromatic N) is 1. The molecule has 19 heavy (non-hydrogen) atoms. The number of carbonyl (C=O) groups excluding carboxylic acids is 1. The molecular weight excluding hydrogens is 238 g/mol. The van der Waals surface area contributed by atoms with Crippen molar-refractivity contribution in [1.82, 2.24) is 15.2 Å². The van der Waals surface area contributed by atoms with Gasteiger partial charge in [-0.15, -0.1) is 0 Å². The SMILES string of the molecule is CNCc1ccn(CC(=O)NC2CCCCCC2)c1. The molecule has 1 aromatic heterocycles. The molecule has 1 aliphatic rings. The lowest BCUT2D eigenvalue weighted by atomic mass is 10.1. The normalized spacial score (nSPS) is 17.1. The maximum Gasteiger partial charge on any atom is 0.240 e. The van der Waals surface area contributed by atoms with E-state index in [4.69, 9.17) is 0 Å². The highest BCUT2D eigenvalue weighted by Crippen LogP contribution is 2.17. The summed E-state index contributed by atoms with van der Waals surface area (Å²) in [4.78, 5) is 12.0. The number of amides is 1. The summed E-state index contributed by atoms with van der Waals surface area (Å²) in [5, 5.41) is 6.28. The summed E-state index contributed by atoms with van der Waals surface area (Å²) >= 11 is 0. The van der Waals surface area contributed by atoms with Gasteiger partial charge in [-0.1, -0.05) is 25.7 Å². The third-order valence-electron chi connectivity index (χ3n) is 3.74. The summed E-state index contributed by atoms with van der Waals surface area (Å²) in [5.41, 5.74) is 1.21. The van der Waals surface area contributed by atoms with E-state index in [-0.39, 0.29) is 5.91 Å². The summed E-state index contributed by atoms with van der Waals surface area (Å²) in [6, 6.07) is 2.44. The minimum Gasteiger partial charge on any atom is -0.352 e. The molecule has 2 rings (SSSR count). The first kappa shape index (κ1) is 14.1. The van der Waals surface area contributed by atoms with Crippen molar-refractivity contribution < 1.29 is 4.79 Å². The van der Waals surface area contributed by atoms with Crippen LogP contribution in [0, 0.1) is 0 Å². The first-order chi connectivity index (χ1) is 9.28. The third-order valence-corrected chi connectivity index (χ3v) is 3.74. The van der Waals surface area contributed by atoms with Crippen molar-refractivity contribution in [3.05, 3.63) is 24.0 Å². The molecule has 0 aliphatic heterocycles. The monoisotopic (exact) mass is 263 g/mol. The van der Waals surface area contributed by atoms with E-state index in [1.165, 1.54) is 31.2 Å². The fraction of sp³-hybridized carbons (Fsp3) is 0.667. The van der Waals surface area contributed by atoms with Crippen LogP contribution in [0.1, 0.15) is 44.1 Å². The van der Waals surface area contributed by atoms with Gasteiger partial charge in [0.05, 0.1) is 0 Å². The second kappa shape index (κ2) is 7.34. The fourth-order valence-corrected chi connectivity index (χ4v) is 2.76. The second-order valence-electron chi connectivity index (χ2n) is 5.48. The van der Waals surface area contributed by atoms with Crippen molar-refractivity contribution in [1.29, 1.82) is 0 Å². The molecule has 0 aromatic carbocycles. The number of hydrogen-bond donors (Lipinski definition) is 2. The first-order valence-corrected chi connectivity index (χ1v) is 7.36. The van der Waals surface area contributed by atoms with E-state index in [2.05, 4.69) is 16.7 Å². The minimum absolute atomic E-state index is 0.138. The van der Waals surface area contributed by atoms with Crippen LogP contribution in [0.3, 0.4) is 0 Å². The van der Waals surface area contributed by atoms with E-state index in [0.29, 0.717) is 12.6 Å². The van der Waals surface area contributed by atoms with Crippen LogP contribution < -0.4 is 10.6 Å². The number of aromatic nitrogens is 1. The molecule has 1 fully saturated rings.